The number of ether oxygens (including phenoxy) is 3. The van der Waals surface area contributed by atoms with Gasteiger partial charge in [0.1, 0.15) is 29.5 Å². The van der Waals surface area contributed by atoms with E-state index >= 15 is 0 Å². The predicted molar refractivity (Wildman–Crippen MR) is 213 cm³/mol. The van der Waals surface area contributed by atoms with E-state index in [0.717, 1.165) is 11.8 Å². The van der Waals surface area contributed by atoms with Crippen LogP contribution in [0.2, 0.25) is 0 Å². The highest BCUT2D eigenvalue weighted by molar-refractivity contribution is 7.91. The Kier molecular flexibility index (Phi) is 11.6. The van der Waals surface area contributed by atoms with Gasteiger partial charge in [0.05, 0.1) is 23.6 Å². The number of fused-ring (bicyclic) bond motifs is 5. The van der Waals surface area contributed by atoms with Gasteiger partial charge in [-0.3, -0.25) is 19.1 Å². The van der Waals surface area contributed by atoms with Gasteiger partial charge in [-0.05, 0) is 90.0 Å². The highest BCUT2D eigenvalue weighted by Crippen LogP contribution is 2.48. The number of carbonyl (C=O) groups is 4. The third-order valence-electron chi connectivity index (χ3n) is 12.9. The molecule has 1 saturated heterocycles. The Labute approximate surface area is 347 Å². The summed E-state index contributed by atoms with van der Waals surface area (Å²) < 4.78 is 86.5. The van der Waals surface area contributed by atoms with Crippen molar-refractivity contribution in [1.29, 1.82) is 0 Å². The number of pyridine rings is 1. The van der Waals surface area contributed by atoms with E-state index in [1.165, 1.54) is 4.90 Å². The first-order valence-corrected chi connectivity index (χ1v) is 22.3. The number of aromatic nitrogens is 1. The number of alkyl halides is 3. The summed E-state index contributed by atoms with van der Waals surface area (Å²) in [4.78, 5) is 63.0. The zero-order valence-corrected chi connectivity index (χ0v) is 35.3. The van der Waals surface area contributed by atoms with Gasteiger partial charge in [0.2, 0.25) is 33.3 Å². The van der Waals surface area contributed by atoms with Crippen LogP contribution in [-0.2, 0) is 35.6 Å². The fraction of sp³-hybridized carbons (Fsp3) is 0.643. The molecule has 5 aliphatic rings. The van der Waals surface area contributed by atoms with Gasteiger partial charge >= 0.3 is 12.3 Å². The van der Waals surface area contributed by atoms with E-state index in [0.29, 0.717) is 82.2 Å². The van der Waals surface area contributed by atoms with Gasteiger partial charge in [0, 0.05) is 23.1 Å². The van der Waals surface area contributed by atoms with Gasteiger partial charge < -0.3 is 29.7 Å². The number of rotatable bonds is 8. The lowest BCUT2D eigenvalue weighted by atomic mass is 9.85. The minimum absolute atomic E-state index is 0.0290. The number of aryl methyl sites for hydroxylation is 1. The fourth-order valence-corrected chi connectivity index (χ4v) is 9.82. The molecule has 3 fully saturated rings. The van der Waals surface area contributed by atoms with Gasteiger partial charge in [0.25, 0.3) is 5.91 Å². The summed E-state index contributed by atoms with van der Waals surface area (Å²) in [7, 11) is -4.08. The summed E-state index contributed by atoms with van der Waals surface area (Å²) in [5.41, 5.74) is -3.83. The topological polar surface area (TPSA) is 182 Å². The second-order valence-corrected chi connectivity index (χ2v) is 20.1. The number of nitrogens with one attached hydrogen (secondary N) is 3. The summed E-state index contributed by atoms with van der Waals surface area (Å²) in [6.07, 6.45) is 0.535. The predicted octanol–water partition coefficient (Wildman–Crippen LogP) is 5.62. The molecule has 60 heavy (non-hydrogen) atoms. The second kappa shape index (κ2) is 16.0. The normalized spacial score (nSPS) is 29.9. The number of alkyl carbamates (subject to hydrolysis) is 1. The summed E-state index contributed by atoms with van der Waals surface area (Å²) in [5, 5.41) is 6.70. The quantitative estimate of drug-likeness (QED) is 0.282. The van der Waals surface area contributed by atoms with Gasteiger partial charge in [-0.15, -0.1) is 0 Å². The van der Waals surface area contributed by atoms with Crippen molar-refractivity contribution in [2.75, 3.05) is 13.2 Å². The minimum Gasteiger partial charge on any atom is -0.491 e. The number of carbonyl (C=O) groups excluding carboxylic acids is 4. The molecule has 14 nitrogen and oxygen atoms in total. The number of hydrogen-bond acceptors (Lipinski definition) is 10. The minimum atomic E-state index is -4.91. The molecular weight excluding hydrogens is 808 g/mol. The Morgan fingerprint density at radius 2 is 1.83 bits per heavy atom. The Bertz CT molecular complexity index is 2180. The Balaban J connectivity index is 1.25. The summed E-state index contributed by atoms with van der Waals surface area (Å²) in [5.74, 6) is -2.64. The van der Waals surface area contributed by atoms with Crippen molar-refractivity contribution in [1.82, 2.24) is 25.2 Å². The van der Waals surface area contributed by atoms with Crippen LogP contribution in [0.25, 0.3) is 10.8 Å². The van der Waals surface area contributed by atoms with Crippen LogP contribution in [0.5, 0.6) is 11.6 Å². The van der Waals surface area contributed by atoms with Crippen molar-refractivity contribution >= 4 is 44.6 Å². The molecule has 18 heteroatoms. The van der Waals surface area contributed by atoms with Crippen LogP contribution in [-0.4, -0.2) is 95.5 Å². The number of benzene rings is 1. The maximum Gasteiger partial charge on any atom is 0.427 e. The first kappa shape index (κ1) is 43.5. The lowest BCUT2D eigenvalue weighted by Crippen LogP contribution is -2.60. The molecular formula is C42H54F3N5O9S. The number of hydrogen-bond donors (Lipinski definition) is 3. The molecule has 1 unspecified atom stereocenters. The molecule has 3 aliphatic heterocycles. The molecule has 0 radical (unpaired) electrons. The number of amides is 4. The summed E-state index contributed by atoms with van der Waals surface area (Å²) in [6.45, 7) is 7.07. The fourth-order valence-electron chi connectivity index (χ4n) is 8.51. The van der Waals surface area contributed by atoms with E-state index in [1.807, 2.05) is 37.3 Å². The molecule has 2 aliphatic carbocycles. The van der Waals surface area contributed by atoms with Gasteiger partial charge in [-0.1, -0.05) is 50.6 Å². The second-order valence-electron chi connectivity index (χ2n) is 17.9. The largest absolute Gasteiger partial charge is 0.491 e. The smallest absolute Gasteiger partial charge is 0.427 e. The Morgan fingerprint density at radius 3 is 2.52 bits per heavy atom. The maximum atomic E-state index is 15.0. The molecule has 2 aromatic rings. The number of allylic oxidation sites excluding steroid dienone is 1. The Hall–Kier alpha value is -4.61. The summed E-state index contributed by atoms with van der Waals surface area (Å²) in [6, 6.07) is 4.66. The molecule has 4 heterocycles. The van der Waals surface area contributed by atoms with Crippen LogP contribution in [0.3, 0.4) is 0 Å². The van der Waals surface area contributed by atoms with Crippen LogP contribution in [0, 0.1) is 17.8 Å². The van der Waals surface area contributed by atoms with Crippen LogP contribution < -0.4 is 24.8 Å². The number of nitrogens with zero attached hydrogens (tertiary/aromatic N) is 2. The average Bonchev–Trinajstić information content (AvgIpc) is 4.07. The lowest BCUT2D eigenvalue weighted by molar-refractivity contribution is -0.244. The monoisotopic (exact) mass is 861 g/mol. The van der Waals surface area contributed by atoms with Crippen molar-refractivity contribution in [2.45, 2.75) is 139 Å². The number of halogens is 3. The summed E-state index contributed by atoms with van der Waals surface area (Å²) >= 11 is 0. The molecule has 0 bridgehead atoms. The van der Waals surface area contributed by atoms with E-state index in [9.17, 15) is 40.8 Å². The first-order valence-electron chi connectivity index (χ1n) is 20.8. The standard InChI is InChI=1S/C42H54F3N5O9S/c1-6-25-20-24(2)12-7-8-13-26-22-41(26,37(53)49-60(55,56)40(5)17-18-40)48-34(51)31-21-27(23-50(31)36(52)32(25)47-38(54)59-39(3,4)42(43,44)45)58-35-29-15-10-9-14-28(29)33-30(46-35)16-11-19-57-33/h8-10,13-15,24-27,31-32H,6-7,11-12,16-23H2,1-5H3,(H,47,54)(H,48,51)(H,49,53)/b13-8-/t24-,25+,26+,27+,31-,32?,41+/m0/s1. The van der Waals surface area contributed by atoms with Gasteiger partial charge in [0.15, 0.2) is 0 Å². The van der Waals surface area contributed by atoms with Crippen molar-refractivity contribution in [3.05, 3.63) is 42.1 Å². The van der Waals surface area contributed by atoms with Crippen molar-refractivity contribution in [3.63, 3.8) is 0 Å². The molecule has 3 N–H and O–H groups in total. The third kappa shape index (κ3) is 8.49. The van der Waals surface area contributed by atoms with Crippen LogP contribution in [0.4, 0.5) is 18.0 Å². The Morgan fingerprint density at radius 1 is 1.12 bits per heavy atom. The number of sulfonamides is 1. The molecule has 7 atom stereocenters. The van der Waals surface area contributed by atoms with Gasteiger partial charge in [-0.2, -0.15) is 13.2 Å². The first-order chi connectivity index (χ1) is 28.2. The molecule has 7 rings (SSSR count). The lowest BCUT2D eigenvalue weighted by Gasteiger charge is -2.35. The zero-order valence-electron chi connectivity index (χ0n) is 34.5. The third-order valence-corrected chi connectivity index (χ3v) is 15.1. The molecule has 2 saturated carbocycles. The van der Waals surface area contributed by atoms with E-state index in [-0.39, 0.29) is 31.2 Å². The maximum absolute atomic E-state index is 15.0. The van der Waals surface area contributed by atoms with Crippen molar-refractivity contribution in [2.24, 2.45) is 17.8 Å². The average molecular weight is 862 g/mol. The molecule has 1 aromatic carbocycles. The van der Waals surface area contributed by atoms with E-state index in [4.69, 9.17) is 19.2 Å². The molecule has 0 spiro atoms. The molecule has 4 amide bonds. The zero-order chi connectivity index (χ0) is 43.4. The highest BCUT2D eigenvalue weighted by Gasteiger charge is 2.63. The van der Waals surface area contributed by atoms with Crippen LogP contribution in [0.1, 0.15) is 98.1 Å². The molecule has 328 valence electrons. The van der Waals surface area contributed by atoms with Crippen LogP contribution >= 0.6 is 0 Å². The van der Waals surface area contributed by atoms with Gasteiger partial charge in [-0.25, -0.2) is 18.2 Å². The van der Waals surface area contributed by atoms with E-state index in [1.54, 1.807) is 19.9 Å². The van der Waals surface area contributed by atoms with E-state index in [2.05, 4.69) is 15.4 Å². The van der Waals surface area contributed by atoms with E-state index < -0.39 is 85.9 Å². The highest BCUT2D eigenvalue weighted by atomic mass is 32.2. The van der Waals surface area contributed by atoms with Crippen LogP contribution in [0.15, 0.2) is 36.4 Å². The SMILES string of the molecule is CC[C@@H]1C[C@@H](C)CC/C=C\[C@@H]2C[C@@]2(C(=O)NS(=O)(=O)C2(C)CC2)NC(=O)[C@@H]2C[C@@H](Oc3nc4c(c5ccccc35)OCCC4)CN2C(=O)C1NC(=O)OC(C)(C)C(F)(F)F. The molecule has 1 aromatic heterocycles. The van der Waals surface area contributed by atoms with Crippen molar-refractivity contribution < 1.29 is 55.0 Å². The van der Waals surface area contributed by atoms with Crippen molar-refractivity contribution in [3.8, 4) is 11.6 Å².